The normalized spacial score (nSPS) is 19.0. The molecule has 160 valence electrons. The highest BCUT2D eigenvalue weighted by Gasteiger charge is 2.30. The number of aromatic amines is 1. The Morgan fingerprint density at radius 1 is 1.33 bits per heavy atom. The molecular formula is C19H23F2N7O2. The minimum atomic E-state index is -2.66. The van der Waals surface area contributed by atoms with Crippen molar-refractivity contribution < 1.29 is 18.3 Å². The van der Waals surface area contributed by atoms with Crippen molar-refractivity contribution in [3.05, 3.63) is 35.9 Å². The summed E-state index contributed by atoms with van der Waals surface area (Å²) in [5, 5.41) is 16.9. The van der Waals surface area contributed by atoms with Crippen LogP contribution in [-0.4, -0.2) is 43.0 Å². The van der Waals surface area contributed by atoms with E-state index in [1.807, 2.05) is 19.9 Å². The van der Waals surface area contributed by atoms with E-state index in [2.05, 4.69) is 30.9 Å². The van der Waals surface area contributed by atoms with Gasteiger partial charge in [-0.15, -0.1) is 0 Å². The third-order valence-electron chi connectivity index (χ3n) is 4.98. The minimum absolute atomic E-state index is 0.0292. The average Bonchev–Trinajstić information content (AvgIpc) is 3.39. The third-order valence-corrected chi connectivity index (χ3v) is 4.98. The largest absolute Gasteiger partial charge is 0.446 e. The lowest BCUT2D eigenvalue weighted by Crippen LogP contribution is -2.33. The Kier molecular flexibility index (Phi) is 5.51. The Morgan fingerprint density at radius 3 is 2.93 bits per heavy atom. The first-order chi connectivity index (χ1) is 14.4. The SMILES string of the molecule is CC(C)NC(=O)OC1CCC(c2cc(Nc3nccn4nc(C(F)F)cc34)n[nH]2)C1. The van der Waals surface area contributed by atoms with Crippen LogP contribution >= 0.6 is 0 Å². The number of halogens is 2. The summed E-state index contributed by atoms with van der Waals surface area (Å²) in [6.45, 7) is 3.76. The molecule has 1 aliphatic rings. The molecule has 11 heteroatoms. The fourth-order valence-corrected chi connectivity index (χ4v) is 3.63. The van der Waals surface area contributed by atoms with Crippen molar-refractivity contribution >= 4 is 23.2 Å². The zero-order chi connectivity index (χ0) is 21.3. The van der Waals surface area contributed by atoms with E-state index >= 15 is 0 Å². The summed E-state index contributed by atoms with van der Waals surface area (Å²) in [5.74, 6) is 1.09. The molecule has 3 aromatic heterocycles. The number of rotatable bonds is 6. The predicted molar refractivity (Wildman–Crippen MR) is 105 cm³/mol. The van der Waals surface area contributed by atoms with E-state index in [9.17, 15) is 13.6 Å². The number of anilines is 2. The second kappa shape index (κ2) is 8.25. The van der Waals surface area contributed by atoms with Gasteiger partial charge in [-0.3, -0.25) is 5.10 Å². The lowest BCUT2D eigenvalue weighted by molar-refractivity contribution is 0.0981. The van der Waals surface area contributed by atoms with Crippen LogP contribution in [0.15, 0.2) is 24.5 Å². The molecule has 0 aliphatic heterocycles. The van der Waals surface area contributed by atoms with Gasteiger partial charge in [0.25, 0.3) is 6.43 Å². The molecule has 4 rings (SSSR count). The summed E-state index contributed by atoms with van der Waals surface area (Å²) in [5.41, 5.74) is 1.04. The second-order valence-electron chi connectivity index (χ2n) is 7.65. The van der Waals surface area contributed by atoms with Crippen LogP contribution in [0.25, 0.3) is 5.52 Å². The van der Waals surface area contributed by atoms with E-state index in [1.165, 1.54) is 23.0 Å². The van der Waals surface area contributed by atoms with E-state index in [4.69, 9.17) is 4.74 Å². The number of aromatic nitrogens is 5. The molecule has 0 aromatic carbocycles. The van der Waals surface area contributed by atoms with E-state index in [0.29, 0.717) is 23.6 Å². The zero-order valence-electron chi connectivity index (χ0n) is 16.6. The highest BCUT2D eigenvalue weighted by molar-refractivity contribution is 5.72. The lowest BCUT2D eigenvalue weighted by atomic mass is 10.0. The molecule has 1 aliphatic carbocycles. The summed E-state index contributed by atoms with van der Waals surface area (Å²) >= 11 is 0. The number of carbonyl (C=O) groups excluding carboxylic acids is 1. The summed E-state index contributed by atoms with van der Waals surface area (Å²) < 4.78 is 32.7. The van der Waals surface area contributed by atoms with Crippen molar-refractivity contribution in [2.24, 2.45) is 0 Å². The standard InChI is InChI=1S/C19H23F2N7O2/c1-10(2)23-19(29)30-12-4-3-11(7-12)13-9-16(26-25-13)24-18-15-8-14(17(20)21)27-28(15)6-5-22-18/h5-6,8-12,17H,3-4,7H2,1-2H3,(H,23,29)(H2,22,24,25,26). The van der Waals surface area contributed by atoms with Crippen LogP contribution in [0, 0.1) is 0 Å². The summed E-state index contributed by atoms with van der Waals surface area (Å²) in [6.07, 6.45) is 2.16. The van der Waals surface area contributed by atoms with Gasteiger partial charge >= 0.3 is 6.09 Å². The molecule has 3 N–H and O–H groups in total. The van der Waals surface area contributed by atoms with Crippen LogP contribution in [0.2, 0.25) is 0 Å². The van der Waals surface area contributed by atoms with Gasteiger partial charge in [-0.1, -0.05) is 0 Å². The molecule has 3 heterocycles. The molecule has 9 nitrogen and oxygen atoms in total. The number of nitrogens with one attached hydrogen (secondary N) is 3. The van der Waals surface area contributed by atoms with Gasteiger partial charge in [-0.25, -0.2) is 23.1 Å². The average molecular weight is 419 g/mol. The van der Waals surface area contributed by atoms with Gasteiger partial charge < -0.3 is 15.4 Å². The molecule has 2 unspecified atom stereocenters. The maximum atomic E-state index is 12.9. The van der Waals surface area contributed by atoms with Gasteiger partial charge in [-0.05, 0) is 39.2 Å². The molecular weight excluding hydrogens is 396 g/mol. The van der Waals surface area contributed by atoms with Crippen LogP contribution in [0.5, 0.6) is 0 Å². The Bertz CT molecular complexity index is 1030. The Morgan fingerprint density at radius 2 is 2.17 bits per heavy atom. The van der Waals surface area contributed by atoms with Gasteiger partial charge in [0.1, 0.15) is 17.3 Å². The van der Waals surface area contributed by atoms with Gasteiger partial charge in [-0.2, -0.15) is 10.2 Å². The number of H-pyrrole nitrogens is 1. The molecule has 2 atom stereocenters. The number of hydrogen-bond donors (Lipinski definition) is 3. The maximum absolute atomic E-state index is 12.9. The van der Waals surface area contributed by atoms with Crippen molar-refractivity contribution in [3.8, 4) is 0 Å². The number of fused-ring (bicyclic) bond motifs is 1. The number of hydrogen-bond acceptors (Lipinski definition) is 6. The summed E-state index contributed by atoms with van der Waals surface area (Å²) in [7, 11) is 0. The van der Waals surface area contributed by atoms with Crippen molar-refractivity contribution in [1.82, 2.24) is 30.1 Å². The van der Waals surface area contributed by atoms with Crippen LogP contribution < -0.4 is 10.6 Å². The summed E-state index contributed by atoms with van der Waals surface area (Å²) in [6, 6.07) is 3.19. The van der Waals surface area contributed by atoms with E-state index < -0.39 is 12.5 Å². The predicted octanol–water partition coefficient (Wildman–Crippen LogP) is 3.90. The van der Waals surface area contributed by atoms with Crippen molar-refractivity contribution in [1.29, 1.82) is 0 Å². The molecule has 0 radical (unpaired) electrons. The molecule has 1 saturated carbocycles. The number of alkyl halides is 2. The first-order valence-electron chi connectivity index (χ1n) is 9.81. The molecule has 0 bridgehead atoms. The summed E-state index contributed by atoms with van der Waals surface area (Å²) in [4.78, 5) is 16.0. The second-order valence-corrected chi connectivity index (χ2v) is 7.65. The van der Waals surface area contributed by atoms with Gasteiger partial charge in [0, 0.05) is 36.1 Å². The van der Waals surface area contributed by atoms with Crippen LogP contribution in [-0.2, 0) is 4.74 Å². The molecule has 3 aromatic rings. The van der Waals surface area contributed by atoms with Crippen LogP contribution in [0.1, 0.15) is 56.8 Å². The number of nitrogens with zero attached hydrogens (tertiary/aromatic N) is 4. The molecule has 1 amide bonds. The smallest absolute Gasteiger partial charge is 0.407 e. The van der Waals surface area contributed by atoms with Gasteiger partial charge in [0.05, 0.1) is 0 Å². The Labute approximate surface area is 171 Å². The topological polar surface area (TPSA) is 109 Å². The molecule has 30 heavy (non-hydrogen) atoms. The molecule has 0 saturated heterocycles. The van der Waals surface area contributed by atoms with E-state index in [-0.39, 0.29) is 23.8 Å². The number of carbonyl (C=O) groups is 1. The van der Waals surface area contributed by atoms with Crippen molar-refractivity contribution in [2.75, 3.05) is 5.32 Å². The monoisotopic (exact) mass is 419 g/mol. The van der Waals surface area contributed by atoms with Crippen molar-refractivity contribution in [3.63, 3.8) is 0 Å². The lowest BCUT2D eigenvalue weighted by Gasteiger charge is -2.14. The first-order valence-corrected chi connectivity index (χ1v) is 9.81. The third kappa shape index (κ3) is 4.34. The quantitative estimate of drug-likeness (QED) is 0.559. The Hall–Kier alpha value is -3.24. The number of ether oxygens (including phenoxy) is 1. The fraction of sp³-hybridized carbons (Fsp3) is 0.474. The minimum Gasteiger partial charge on any atom is -0.446 e. The van der Waals surface area contributed by atoms with Gasteiger partial charge in [0.2, 0.25) is 0 Å². The maximum Gasteiger partial charge on any atom is 0.407 e. The molecule has 0 spiro atoms. The first kappa shape index (κ1) is 20.0. The van der Waals surface area contributed by atoms with E-state index in [1.54, 1.807) is 0 Å². The Balaban J connectivity index is 1.42. The highest BCUT2D eigenvalue weighted by atomic mass is 19.3. The van der Waals surface area contributed by atoms with Crippen LogP contribution in [0.3, 0.4) is 0 Å². The van der Waals surface area contributed by atoms with Gasteiger partial charge in [0.15, 0.2) is 11.6 Å². The zero-order valence-corrected chi connectivity index (χ0v) is 16.6. The number of alkyl carbamates (subject to hydrolysis) is 1. The number of amides is 1. The fourth-order valence-electron chi connectivity index (χ4n) is 3.63. The van der Waals surface area contributed by atoms with E-state index in [0.717, 1.165) is 18.5 Å². The van der Waals surface area contributed by atoms with Crippen molar-refractivity contribution in [2.45, 2.75) is 57.6 Å². The van der Waals surface area contributed by atoms with Crippen LogP contribution in [0.4, 0.5) is 25.2 Å². The highest BCUT2D eigenvalue weighted by Crippen LogP contribution is 2.36. The molecule has 1 fully saturated rings.